The van der Waals surface area contributed by atoms with Gasteiger partial charge in [-0.2, -0.15) is 23.1 Å². The molecule has 4 aromatic rings. The summed E-state index contributed by atoms with van der Waals surface area (Å²) in [6, 6.07) is 8.20. The Kier molecular flexibility index (Phi) is 8.10. The minimum Gasteiger partial charge on any atom is -0.352 e. The van der Waals surface area contributed by atoms with Crippen molar-refractivity contribution in [1.29, 1.82) is 0 Å². The van der Waals surface area contributed by atoms with Gasteiger partial charge < -0.3 is 10.6 Å². The second-order valence-electron chi connectivity index (χ2n) is 7.84. The van der Waals surface area contributed by atoms with E-state index in [4.69, 9.17) is 0 Å². The molecule has 0 bridgehead atoms. The molecule has 4 rings (SSSR count). The van der Waals surface area contributed by atoms with E-state index in [0.29, 0.717) is 22.3 Å². The van der Waals surface area contributed by atoms with Crippen LogP contribution >= 0.6 is 38.5 Å². The molecule has 0 atom stereocenters. The van der Waals surface area contributed by atoms with Crippen molar-refractivity contribution >= 4 is 56.0 Å². The smallest absolute Gasteiger partial charge is 0.352 e. The van der Waals surface area contributed by atoms with Crippen LogP contribution in [0.4, 0.5) is 18.9 Å². The highest BCUT2D eigenvalue weighted by Gasteiger charge is 2.37. The average Bonchev–Trinajstić information content (AvgIpc) is 3.49. The molecule has 0 aliphatic carbocycles. The van der Waals surface area contributed by atoms with Gasteiger partial charge in [-0.25, -0.2) is 9.67 Å². The van der Waals surface area contributed by atoms with Crippen molar-refractivity contribution in [3.63, 3.8) is 0 Å². The van der Waals surface area contributed by atoms with E-state index >= 15 is 0 Å². The van der Waals surface area contributed by atoms with Crippen LogP contribution in [0.1, 0.15) is 44.9 Å². The lowest BCUT2D eigenvalue weighted by molar-refractivity contribution is -0.145. The number of anilines is 1. The van der Waals surface area contributed by atoms with Gasteiger partial charge in [0.25, 0.3) is 17.6 Å². The predicted molar refractivity (Wildman–Crippen MR) is 141 cm³/mol. The van der Waals surface area contributed by atoms with Gasteiger partial charge in [0.15, 0.2) is 5.82 Å². The molecule has 0 radical (unpaired) electrons. The summed E-state index contributed by atoms with van der Waals surface area (Å²) in [7, 11) is 0. The lowest BCUT2D eigenvalue weighted by Crippen LogP contribution is -2.26. The monoisotopic (exact) mass is 703 g/mol. The molecule has 0 saturated carbocycles. The molecule has 3 aromatic heterocycles. The number of rotatable bonds is 7. The number of aryl methyl sites for hydroxylation is 1. The number of halogens is 5. The molecule has 0 saturated heterocycles. The van der Waals surface area contributed by atoms with Crippen LogP contribution in [0.3, 0.4) is 0 Å². The number of nitrogens with one attached hydrogen (secondary N) is 2. The van der Waals surface area contributed by atoms with Gasteiger partial charge in [-0.15, -0.1) is 10.2 Å². The molecule has 1 aromatic carbocycles. The van der Waals surface area contributed by atoms with Crippen LogP contribution in [0.15, 0.2) is 41.0 Å². The van der Waals surface area contributed by atoms with Crippen molar-refractivity contribution in [2.75, 3.05) is 11.9 Å². The van der Waals surface area contributed by atoms with Crippen LogP contribution in [0, 0.1) is 10.5 Å². The number of carbonyl (C=O) groups is 2. The molecule has 0 aliphatic heterocycles. The van der Waals surface area contributed by atoms with E-state index in [2.05, 4.69) is 74.6 Å². The van der Waals surface area contributed by atoms with Crippen molar-refractivity contribution in [1.82, 2.24) is 40.3 Å². The first-order valence-electron chi connectivity index (χ1n) is 10.9. The third-order valence-electron chi connectivity index (χ3n) is 5.06. The van der Waals surface area contributed by atoms with E-state index in [1.165, 1.54) is 16.9 Å². The number of aromatic nitrogens is 7. The number of nitrogens with zero attached hydrogens (tertiary/aromatic N) is 7. The fraction of sp³-hybridized carbons (Fsp3) is 0.227. The highest BCUT2D eigenvalue weighted by Crippen LogP contribution is 2.27. The first kappa shape index (κ1) is 27.6. The Labute approximate surface area is 235 Å². The second kappa shape index (κ2) is 11.1. The van der Waals surface area contributed by atoms with E-state index in [1.807, 2.05) is 6.07 Å². The molecule has 0 fully saturated rings. The fourth-order valence-corrected chi connectivity index (χ4v) is 4.66. The van der Waals surface area contributed by atoms with Crippen molar-refractivity contribution in [2.24, 2.45) is 0 Å². The molecule has 0 aliphatic rings. The van der Waals surface area contributed by atoms with Crippen LogP contribution in [0.2, 0.25) is 0 Å². The van der Waals surface area contributed by atoms with Crippen LogP contribution < -0.4 is 10.6 Å². The van der Waals surface area contributed by atoms with Crippen molar-refractivity contribution < 1.29 is 22.8 Å². The van der Waals surface area contributed by atoms with E-state index in [9.17, 15) is 22.8 Å². The normalized spacial score (nSPS) is 11.4. The summed E-state index contributed by atoms with van der Waals surface area (Å²) in [5.74, 6) is -2.12. The molecule has 2 N–H and O–H groups in total. The number of pyridine rings is 1. The Morgan fingerprint density at radius 1 is 1.16 bits per heavy atom. The Balaban J connectivity index is 1.74. The summed E-state index contributed by atoms with van der Waals surface area (Å²) in [5.41, 5.74) is 1.42. The van der Waals surface area contributed by atoms with E-state index in [0.717, 1.165) is 8.37 Å². The van der Waals surface area contributed by atoms with Crippen LogP contribution in [0.25, 0.3) is 5.82 Å². The lowest BCUT2D eigenvalue weighted by atomic mass is 10.1. The SMILES string of the molecule is CCNC(=O)c1cc(I)cc(C)c1NC(=O)c1cc(Cn2nnc(C(F)(F)F)n2)nn1-c1ncccc1Br. The highest BCUT2D eigenvalue weighted by molar-refractivity contribution is 14.1. The van der Waals surface area contributed by atoms with Crippen molar-refractivity contribution in [3.8, 4) is 5.82 Å². The first-order chi connectivity index (χ1) is 18.0. The minimum atomic E-state index is -4.76. The molecular weight excluding hydrogens is 686 g/mol. The molecule has 38 heavy (non-hydrogen) atoms. The van der Waals surface area contributed by atoms with Crippen LogP contribution in [0.5, 0.6) is 0 Å². The zero-order valence-electron chi connectivity index (χ0n) is 19.7. The number of carbonyl (C=O) groups excluding carboxylic acids is 2. The van der Waals surface area contributed by atoms with Gasteiger partial charge in [0.1, 0.15) is 12.2 Å². The zero-order valence-corrected chi connectivity index (χ0v) is 23.5. The summed E-state index contributed by atoms with van der Waals surface area (Å²) >= 11 is 5.46. The molecule has 0 spiro atoms. The second-order valence-corrected chi connectivity index (χ2v) is 9.94. The summed E-state index contributed by atoms with van der Waals surface area (Å²) in [5, 5.41) is 19.7. The van der Waals surface area contributed by atoms with Gasteiger partial charge in [0.05, 0.1) is 21.4 Å². The maximum Gasteiger partial charge on any atom is 0.455 e. The summed E-state index contributed by atoms with van der Waals surface area (Å²) in [6.07, 6.45) is -3.26. The molecule has 198 valence electrons. The first-order valence-corrected chi connectivity index (χ1v) is 12.8. The third kappa shape index (κ3) is 6.01. The quantitative estimate of drug-likeness (QED) is 0.278. The zero-order chi connectivity index (χ0) is 27.6. The van der Waals surface area contributed by atoms with E-state index < -0.39 is 17.9 Å². The topological polar surface area (TPSA) is 133 Å². The standard InChI is InChI=1S/C22H18BrF3IN9O2/c1-3-28-19(37)14-8-12(27)7-11(2)17(14)30-20(38)16-9-13(10-35-33-21(31-34-35)22(24,25)26)32-36(16)18-15(23)5-4-6-29-18/h4-9H,3,10H2,1-2H3,(H,28,37)(H,30,38). The van der Waals surface area contributed by atoms with Crippen molar-refractivity contribution in [3.05, 3.63) is 72.9 Å². The maximum atomic E-state index is 13.5. The number of hydrogen-bond donors (Lipinski definition) is 2. The van der Waals surface area contributed by atoms with Gasteiger partial charge >= 0.3 is 6.18 Å². The minimum absolute atomic E-state index is 0.00959. The van der Waals surface area contributed by atoms with E-state index in [-0.39, 0.29) is 35.2 Å². The molecule has 2 amide bonds. The van der Waals surface area contributed by atoms with Gasteiger partial charge in [0, 0.05) is 16.3 Å². The Morgan fingerprint density at radius 3 is 2.58 bits per heavy atom. The summed E-state index contributed by atoms with van der Waals surface area (Å²) in [4.78, 5) is 31.2. The predicted octanol–water partition coefficient (Wildman–Crippen LogP) is 4.00. The molecular formula is C22H18BrF3IN9O2. The largest absolute Gasteiger partial charge is 0.455 e. The van der Waals surface area contributed by atoms with Crippen molar-refractivity contribution in [2.45, 2.75) is 26.6 Å². The lowest BCUT2D eigenvalue weighted by Gasteiger charge is -2.15. The molecule has 0 unspecified atom stereocenters. The van der Waals surface area contributed by atoms with E-state index in [1.54, 1.807) is 32.0 Å². The highest BCUT2D eigenvalue weighted by atomic mass is 127. The Morgan fingerprint density at radius 2 is 1.92 bits per heavy atom. The van der Waals surface area contributed by atoms with Gasteiger partial charge in [0.2, 0.25) is 0 Å². The Hall–Kier alpha value is -3.41. The van der Waals surface area contributed by atoms with Crippen LogP contribution in [-0.2, 0) is 12.7 Å². The number of hydrogen-bond acceptors (Lipinski definition) is 7. The fourth-order valence-electron chi connectivity index (χ4n) is 3.45. The van der Waals surface area contributed by atoms with Gasteiger partial charge in [-0.05, 0) is 93.5 Å². The Bertz CT molecular complexity index is 1520. The summed E-state index contributed by atoms with van der Waals surface area (Å²) in [6.45, 7) is 3.64. The third-order valence-corrected chi connectivity index (χ3v) is 6.30. The van der Waals surface area contributed by atoms with Crippen LogP contribution in [-0.4, -0.2) is 53.3 Å². The molecule has 11 nitrogen and oxygen atoms in total. The number of alkyl halides is 3. The number of benzene rings is 1. The molecule has 3 heterocycles. The summed E-state index contributed by atoms with van der Waals surface area (Å²) < 4.78 is 41.2. The average molecular weight is 704 g/mol. The number of amides is 2. The number of tetrazole rings is 1. The van der Waals surface area contributed by atoms with Gasteiger partial charge in [-0.3, -0.25) is 9.59 Å². The molecule has 16 heteroatoms. The maximum absolute atomic E-state index is 13.5. The van der Waals surface area contributed by atoms with Gasteiger partial charge in [-0.1, -0.05) is 0 Å².